The number of hydrogen-bond acceptors (Lipinski definition) is 8. The summed E-state index contributed by atoms with van der Waals surface area (Å²) in [6.07, 6.45) is 0.605. The summed E-state index contributed by atoms with van der Waals surface area (Å²) < 4.78 is 27.7. The standard InChI is InChI=1S/C30H32N2O8/c1-36-16-17-11-24(33)29(35)30(40-17)21(20-12-26(38-3)27(39-4)14-25(20)37-2)13-28(34)32-10-9-19-18-7-5-6-8-22(18)31-23(19)15-32/h5-8,11-12,14,21,31,35H,9-10,13,15-16H2,1-4H3/t21-/m1/s1. The number of carbonyl (C=O) groups excluding carboxylic acids is 1. The minimum absolute atomic E-state index is 0.0154. The molecule has 1 atom stereocenters. The van der Waals surface area contributed by atoms with Crippen LogP contribution in [0.2, 0.25) is 0 Å². The molecule has 0 fully saturated rings. The Balaban J connectivity index is 1.56. The molecule has 40 heavy (non-hydrogen) atoms. The first-order valence-corrected chi connectivity index (χ1v) is 12.9. The van der Waals surface area contributed by atoms with Crippen LogP contribution in [0.4, 0.5) is 0 Å². The summed E-state index contributed by atoms with van der Waals surface area (Å²) in [7, 11) is 5.96. The summed E-state index contributed by atoms with van der Waals surface area (Å²) in [6.45, 7) is 0.961. The van der Waals surface area contributed by atoms with E-state index >= 15 is 0 Å². The molecule has 1 amide bonds. The van der Waals surface area contributed by atoms with Gasteiger partial charge in [0.15, 0.2) is 17.3 Å². The number of amides is 1. The van der Waals surface area contributed by atoms with Gasteiger partial charge in [0.05, 0.1) is 33.8 Å². The molecule has 2 aromatic heterocycles. The number of aromatic hydroxyl groups is 1. The highest BCUT2D eigenvalue weighted by molar-refractivity contribution is 5.86. The Labute approximate surface area is 231 Å². The van der Waals surface area contributed by atoms with E-state index in [2.05, 4.69) is 11.1 Å². The molecule has 0 aliphatic carbocycles. The van der Waals surface area contributed by atoms with Crippen LogP contribution in [0.3, 0.4) is 0 Å². The molecule has 0 spiro atoms. The molecular weight excluding hydrogens is 516 g/mol. The van der Waals surface area contributed by atoms with Crippen molar-refractivity contribution >= 4 is 16.8 Å². The fourth-order valence-electron chi connectivity index (χ4n) is 5.38. The number of para-hydroxylation sites is 1. The smallest absolute Gasteiger partial charge is 0.227 e. The van der Waals surface area contributed by atoms with Crippen LogP contribution >= 0.6 is 0 Å². The van der Waals surface area contributed by atoms with E-state index in [-0.39, 0.29) is 30.5 Å². The number of aromatic amines is 1. The van der Waals surface area contributed by atoms with Gasteiger partial charge in [-0.05, 0) is 24.1 Å². The van der Waals surface area contributed by atoms with Crippen molar-refractivity contribution in [2.24, 2.45) is 0 Å². The average Bonchev–Trinajstić information content (AvgIpc) is 3.35. The highest BCUT2D eigenvalue weighted by Gasteiger charge is 2.33. The van der Waals surface area contributed by atoms with Crippen molar-refractivity contribution in [3.63, 3.8) is 0 Å². The van der Waals surface area contributed by atoms with Gasteiger partial charge in [0.2, 0.25) is 17.1 Å². The summed E-state index contributed by atoms with van der Waals surface area (Å²) in [4.78, 5) is 31.8. The average molecular weight is 549 g/mol. The molecule has 2 aromatic carbocycles. The quantitative estimate of drug-likeness (QED) is 0.320. The molecule has 0 saturated heterocycles. The summed E-state index contributed by atoms with van der Waals surface area (Å²) in [5.74, 6) is -0.265. The monoisotopic (exact) mass is 548 g/mol. The predicted octanol–water partition coefficient (Wildman–Crippen LogP) is 4.11. The maximum atomic E-state index is 13.9. The Kier molecular flexibility index (Phi) is 7.70. The Bertz CT molecular complexity index is 1610. The number of aromatic nitrogens is 1. The van der Waals surface area contributed by atoms with Crippen molar-refractivity contribution < 1.29 is 33.3 Å². The Hall–Kier alpha value is -4.44. The van der Waals surface area contributed by atoms with Crippen LogP contribution in [-0.4, -0.2) is 55.9 Å². The number of H-pyrrole nitrogens is 1. The number of methoxy groups -OCH3 is 4. The second-order valence-corrected chi connectivity index (χ2v) is 9.62. The van der Waals surface area contributed by atoms with E-state index in [1.165, 1.54) is 45.5 Å². The minimum Gasteiger partial charge on any atom is -0.502 e. The van der Waals surface area contributed by atoms with E-state index in [1.807, 2.05) is 18.2 Å². The fourth-order valence-corrected chi connectivity index (χ4v) is 5.38. The number of fused-ring (bicyclic) bond motifs is 3. The van der Waals surface area contributed by atoms with Crippen LogP contribution in [0.5, 0.6) is 23.0 Å². The Morgan fingerprint density at radius 3 is 2.50 bits per heavy atom. The van der Waals surface area contributed by atoms with Crippen LogP contribution in [0.15, 0.2) is 51.7 Å². The number of benzene rings is 2. The van der Waals surface area contributed by atoms with Gasteiger partial charge in [-0.3, -0.25) is 9.59 Å². The molecule has 0 saturated carbocycles. The number of carbonyl (C=O) groups is 1. The highest BCUT2D eigenvalue weighted by Crippen LogP contribution is 2.43. The van der Waals surface area contributed by atoms with Crippen LogP contribution in [0.1, 0.15) is 40.7 Å². The second kappa shape index (κ2) is 11.4. The summed E-state index contributed by atoms with van der Waals surface area (Å²) in [6, 6.07) is 12.6. The Morgan fingerprint density at radius 1 is 1.05 bits per heavy atom. The van der Waals surface area contributed by atoms with Gasteiger partial charge >= 0.3 is 0 Å². The van der Waals surface area contributed by atoms with Crippen LogP contribution in [-0.2, 0) is 29.1 Å². The molecule has 5 rings (SSSR count). The lowest BCUT2D eigenvalue weighted by atomic mass is 9.90. The summed E-state index contributed by atoms with van der Waals surface area (Å²) in [5.41, 5.74) is 3.11. The molecule has 10 heteroatoms. The lowest BCUT2D eigenvalue weighted by Gasteiger charge is -2.29. The third-order valence-corrected chi connectivity index (χ3v) is 7.33. The van der Waals surface area contributed by atoms with Gasteiger partial charge in [-0.25, -0.2) is 0 Å². The molecule has 10 nitrogen and oxygen atoms in total. The maximum Gasteiger partial charge on any atom is 0.227 e. The molecular formula is C30H32N2O8. The van der Waals surface area contributed by atoms with Crippen LogP contribution < -0.4 is 19.6 Å². The first-order valence-electron chi connectivity index (χ1n) is 12.9. The predicted molar refractivity (Wildman–Crippen MR) is 147 cm³/mol. The molecule has 4 aromatic rings. The van der Waals surface area contributed by atoms with Gasteiger partial charge in [-0.2, -0.15) is 0 Å². The third-order valence-electron chi connectivity index (χ3n) is 7.33. The topological polar surface area (TPSA) is 123 Å². The normalized spacial score (nSPS) is 13.7. The molecule has 1 aliphatic heterocycles. The van der Waals surface area contributed by atoms with E-state index < -0.39 is 17.1 Å². The zero-order valence-corrected chi connectivity index (χ0v) is 22.9. The van der Waals surface area contributed by atoms with E-state index in [9.17, 15) is 14.7 Å². The first kappa shape index (κ1) is 27.1. The van der Waals surface area contributed by atoms with Crippen molar-refractivity contribution in [1.82, 2.24) is 9.88 Å². The summed E-state index contributed by atoms with van der Waals surface area (Å²) in [5, 5.41) is 12.0. The molecule has 1 aliphatic rings. The highest BCUT2D eigenvalue weighted by atomic mass is 16.5. The van der Waals surface area contributed by atoms with Gasteiger partial charge in [0.25, 0.3) is 0 Å². The van der Waals surface area contributed by atoms with Gasteiger partial charge in [-0.1, -0.05) is 18.2 Å². The van der Waals surface area contributed by atoms with Crippen molar-refractivity contribution in [2.45, 2.75) is 31.9 Å². The molecule has 2 N–H and O–H groups in total. The van der Waals surface area contributed by atoms with E-state index in [4.69, 9.17) is 23.4 Å². The molecule has 0 radical (unpaired) electrons. The van der Waals surface area contributed by atoms with E-state index in [0.29, 0.717) is 42.3 Å². The number of hydrogen-bond donors (Lipinski definition) is 2. The van der Waals surface area contributed by atoms with Gasteiger partial charge in [0, 0.05) is 54.4 Å². The first-order chi connectivity index (χ1) is 19.4. The van der Waals surface area contributed by atoms with Crippen LogP contribution in [0.25, 0.3) is 10.9 Å². The SMILES string of the molecule is COCc1cc(=O)c(O)c([C@H](CC(=O)N2CCc3c([nH]c4ccccc34)C2)c2cc(OC)c(OC)cc2OC)o1. The minimum atomic E-state index is -0.879. The molecule has 3 heterocycles. The van der Waals surface area contributed by atoms with Crippen LogP contribution in [0, 0.1) is 0 Å². The van der Waals surface area contributed by atoms with Gasteiger partial charge < -0.3 is 38.4 Å². The van der Waals surface area contributed by atoms with Crippen molar-refractivity contribution in [3.05, 3.63) is 81.0 Å². The number of nitrogens with one attached hydrogen (secondary N) is 1. The number of rotatable bonds is 9. The van der Waals surface area contributed by atoms with Crippen molar-refractivity contribution in [3.8, 4) is 23.0 Å². The molecule has 0 unspecified atom stereocenters. The summed E-state index contributed by atoms with van der Waals surface area (Å²) >= 11 is 0. The number of ether oxygens (including phenoxy) is 4. The van der Waals surface area contributed by atoms with Gasteiger partial charge in [0.1, 0.15) is 18.1 Å². The third kappa shape index (κ3) is 4.98. The maximum absolute atomic E-state index is 13.9. The molecule has 210 valence electrons. The second-order valence-electron chi connectivity index (χ2n) is 9.62. The Morgan fingerprint density at radius 2 is 1.77 bits per heavy atom. The van der Waals surface area contributed by atoms with Crippen molar-refractivity contribution in [1.29, 1.82) is 0 Å². The largest absolute Gasteiger partial charge is 0.502 e. The number of nitrogens with zero attached hydrogens (tertiary/aromatic N) is 1. The van der Waals surface area contributed by atoms with E-state index in [1.54, 1.807) is 17.0 Å². The van der Waals surface area contributed by atoms with Gasteiger partial charge in [-0.15, -0.1) is 0 Å². The van der Waals surface area contributed by atoms with E-state index in [0.717, 1.165) is 11.2 Å². The zero-order chi connectivity index (χ0) is 28.4. The van der Waals surface area contributed by atoms with Crippen molar-refractivity contribution in [2.75, 3.05) is 35.0 Å². The zero-order valence-electron chi connectivity index (χ0n) is 22.9. The molecule has 0 bridgehead atoms. The fraction of sp³-hybridized carbons (Fsp3) is 0.333. The lowest BCUT2D eigenvalue weighted by molar-refractivity contribution is -0.132. The lowest BCUT2D eigenvalue weighted by Crippen LogP contribution is -2.36.